The minimum atomic E-state index is -0.661. The Kier molecular flexibility index (Phi) is 4.50. The molecule has 0 unspecified atom stereocenters. The van der Waals surface area contributed by atoms with E-state index >= 15 is 0 Å². The summed E-state index contributed by atoms with van der Waals surface area (Å²) in [5, 5.41) is 2.89. The third-order valence-electron chi connectivity index (χ3n) is 2.75. The lowest BCUT2D eigenvalue weighted by molar-refractivity contribution is 0.0996. The highest BCUT2D eigenvalue weighted by atomic mass is 79.9. The maximum Gasteiger partial charge on any atom is 0.255 e. The average Bonchev–Trinajstić information content (AvgIpc) is 2.43. The second kappa shape index (κ2) is 6.15. The smallest absolute Gasteiger partial charge is 0.255 e. The Morgan fingerprint density at radius 1 is 1.14 bits per heavy atom. The molecule has 0 heterocycles. The SMILES string of the molecule is NC(=O)c1cc(NC(=O)c2ccc(N)c(Br)c2)ccc1Cl. The van der Waals surface area contributed by atoms with E-state index in [-0.39, 0.29) is 16.5 Å². The van der Waals surface area contributed by atoms with Crippen molar-refractivity contribution in [2.45, 2.75) is 0 Å². The molecule has 5 N–H and O–H groups in total. The number of primary amides is 1. The lowest BCUT2D eigenvalue weighted by Gasteiger charge is -2.08. The number of rotatable bonds is 3. The number of hydrogen-bond donors (Lipinski definition) is 3. The van der Waals surface area contributed by atoms with Crippen LogP contribution < -0.4 is 16.8 Å². The second-order valence-corrected chi connectivity index (χ2v) is 5.51. The molecule has 5 nitrogen and oxygen atoms in total. The van der Waals surface area contributed by atoms with Crippen LogP contribution in [0.25, 0.3) is 0 Å². The van der Waals surface area contributed by atoms with Crippen LogP contribution in [0.3, 0.4) is 0 Å². The second-order valence-electron chi connectivity index (χ2n) is 4.25. The molecule has 0 radical (unpaired) electrons. The van der Waals surface area contributed by atoms with Crippen molar-refractivity contribution in [3.05, 3.63) is 57.0 Å². The summed E-state index contributed by atoms with van der Waals surface area (Å²) in [5.74, 6) is -1.00. The van der Waals surface area contributed by atoms with Gasteiger partial charge in [-0.05, 0) is 52.3 Å². The molecule has 0 aromatic heterocycles. The number of hydrogen-bond acceptors (Lipinski definition) is 3. The first-order valence-corrected chi connectivity index (χ1v) is 7.01. The van der Waals surface area contributed by atoms with Gasteiger partial charge in [-0.3, -0.25) is 9.59 Å². The summed E-state index contributed by atoms with van der Waals surface area (Å²) in [6.45, 7) is 0. The Morgan fingerprint density at radius 2 is 1.86 bits per heavy atom. The van der Waals surface area contributed by atoms with Gasteiger partial charge < -0.3 is 16.8 Å². The summed E-state index contributed by atoms with van der Waals surface area (Å²) >= 11 is 9.11. The van der Waals surface area contributed by atoms with Crippen molar-refractivity contribution in [2.75, 3.05) is 11.1 Å². The topological polar surface area (TPSA) is 98.2 Å². The molecule has 108 valence electrons. The first-order chi connectivity index (χ1) is 9.88. The molecule has 0 spiro atoms. The summed E-state index contributed by atoms with van der Waals surface area (Å²) in [7, 11) is 0. The predicted molar refractivity (Wildman–Crippen MR) is 86.5 cm³/mol. The third kappa shape index (κ3) is 3.53. The standard InChI is InChI=1S/C14H11BrClN3O2/c15-10-5-7(1-4-12(10)17)14(21)19-8-2-3-11(16)9(6-8)13(18)20/h1-6H,17H2,(H2,18,20)(H,19,21). The molecule has 0 aliphatic heterocycles. The number of nitrogens with two attached hydrogens (primary N) is 2. The summed E-state index contributed by atoms with van der Waals surface area (Å²) in [4.78, 5) is 23.3. The van der Waals surface area contributed by atoms with Crippen LogP contribution in [-0.2, 0) is 0 Å². The summed E-state index contributed by atoms with van der Waals surface area (Å²) in [5.41, 5.74) is 12.4. The van der Waals surface area contributed by atoms with E-state index in [0.29, 0.717) is 21.4 Å². The number of nitrogens with one attached hydrogen (secondary N) is 1. The summed E-state index contributed by atoms with van der Waals surface area (Å²) in [6.07, 6.45) is 0. The maximum atomic E-state index is 12.1. The zero-order valence-electron chi connectivity index (χ0n) is 10.7. The van der Waals surface area contributed by atoms with Crippen molar-refractivity contribution in [1.29, 1.82) is 0 Å². The molecule has 0 fully saturated rings. The molecule has 0 aliphatic rings. The van der Waals surface area contributed by atoms with E-state index in [1.165, 1.54) is 12.1 Å². The number of carbonyl (C=O) groups is 2. The Balaban J connectivity index is 2.25. The molecule has 2 rings (SSSR count). The quantitative estimate of drug-likeness (QED) is 0.726. The fourth-order valence-corrected chi connectivity index (χ4v) is 2.25. The first kappa shape index (κ1) is 15.3. The van der Waals surface area contributed by atoms with Gasteiger partial charge in [-0.2, -0.15) is 0 Å². The molecule has 0 saturated heterocycles. The highest BCUT2D eigenvalue weighted by molar-refractivity contribution is 9.10. The van der Waals surface area contributed by atoms with Crippen LogP contribution >= 0.6 is 27.5 Å². The Hall–Kier alpha value is -2.05. The van der Waals surface area contributed by atoms with E-state index in [9.17, 15) is 9.59 Å². The molecular weight excluding hydrogens is 358 g/mol. The van der Waals surface area contributed by atoms with Crippen LogP contribution in [-0.4, -0.2) is 11.8 Å². The van der Waals surface area contributed by atoms with E-state index in [1.807, 2.05) is 0 Å². The number of carbonyl (C=O) groups excluding carboxylic acids is 2. The van der Waals surface area contributed by atoms with Crippen LogP contribution in [0.5, 0.6) is 0 Å². The van der Waals surface area contributed by atoms with E-state index in [2.05, 4.69) is 21.2 Å². The van der Waals surface area contributed by atoms with Gasteiger partial charge in [-0.25, -0.2) is 0 Å². The molecule has 0 bridgehead atoms. The van der Waals surface area contributed by atoms with Crippen molar-refractivity contribution in [1.82, 2.24) is 0 Å². The molecular formula is C14H11BrClN3O2. The fraction of sp³-hybridized carbons (Fsp3) is 0. The van der Waals surface area contributed by atoms with Gasteiger partial charge in [0.2, 0.25) is 5.91 Å². The third-order valence-corrected chi connectivity index (χ3v) is 3.77. The molecule has 21 heavy (non-hydrogen) atoms. The van der Waals surface area contributed by atoms with E-state index in [1.54, 1.807) is 24.3 Å². The zero-order chi connectivity index (χ0) is 15.6. The Labute approximate surface area is 134 Å². The number of amides is 2. The van der Waals surface area contributed by atoms with E-state index < -0.39 is 5.91 Å². The summed E-state index contributed by atoms with van der Waals surface area (Å²) in [6, 6.07) is 9.33. The number of halogens is 2. The average molecular weight is 369 g/mol. The van der Waals surface area contributed by atoms with Gasteiger partial charge in [-0.1, -0.05) is 11.6 Å². The van der Waals surface area contributed by atoms with Gasteiger partial charge in [-0.15, -0.1) is 0 Å². The molecule has 2 aromatic rings. The Morgan fingerprint density at radius 3 is 2.48 bits per heavy atom. The number of benzene rings is 2. The van der Waals surface area contributed by atoms with Gasteiger partial charge >= 0.3 is 0 Å². The van der Waals surface area contributed by atoms with Gasteiger partial charge in [0.15, 0.2) is 0 Å². The number of anilines is 2. The molecule has 7 heteroatoms. The van der Waals surface area contributed by atoms with Gasteiger partial charge in [0.25, 0.3) is 5.91 Å². The fourth-order valence-electron chi connectivity index (χ4n) is 1.66. The van der Waals surface area contributed by atoms with E-state index in [0.717, 1.165) is 0 Å². The van der Waals surface area contributed by atoms with Crippen molar-refractivity contribution < 1.29 is 9.59 Å². The van der Waals surface area contributed by atoms with Crippen molar-refractivity contribution >= 4 is 50.7 Å². The molecule has 0 saturated carbocycles. The maximum absolute atomic E-state index is 12.1. The van der Waals surface area contributed by atoms with Crippen molar-refractivity contribution in [3.8, 4) is 0 Å². The summed E-state index contributed by atoms with van der Waals surface area (Å²) < 4.78 is 0.629. The van der Waals surface area contributed by atoms with Crippen molar-refractivity contribution in [3.63, 3.8) is 0 Å². The largest absolute Gasteiger partial charge is 0.398 e. The van der Waals surface area contributed by atoms with Gasteiger partial charge in [0.05, 0.1) is 10.6 Å². The zero-order valence-corrected chi connectivity index (χ0v) is 13.0. The van der Waals surface area contributed by atoms with Gasteiger partial charge in [0, 0.05) is 21.4 Å². The van der Waals surface area contributed by atoms with E-state index in [4.69, 9.17) is 23.1 Å². The van der Waals surface area contributed by atoms with Crippen molar-refractivity contribution in [2.24, 2.45) is 5.73 Å². The monoisotopic (exact) mass is 367 g/mol. The minimum absolute atomic E-state index is 0.146. The van der Waals surface area contributed by atoms with Crippen LogP contribution in [0.15, 0.2) is 40.9 Å². The predicted octanol–water partition coefficient (Wildman–Crippen LogP) is 3.04. The van der Waals surface area contributed by atoms with Crippen LogP contribution in [0.4, 0.5) is 11.4 Å². The van der Waals surface area contributed by atoms with Crippen LogP contribution in [0.2, 0.25) is 5.02 Å². The normalized spacial score (nSPS) is 10.2. The van der Waals surface area contributed by atoms with Crippen LogP contribution in [0.1, 0.15) is 20.7 Å². The highest BCUT2D eigenvalue weighted by Crippen LogP contribution is 2.23. The minimum Gasteiger partial charge on any atom is -0.398 e. The molecule has 0 aliphatic carbocycles. The number of nitrogen functional groups attached to an aromatic ring is 1. The van der Waals surface area contributed by atoms with Crippen LogP contribution in [0, 0.1) is 0 Å². The lowest BCUT2D eigenvalue weighted by Crippen LogP contribution is -2.15. The molecule has 0 atom stereocenters. The highest BCUT2D eigenvalue weighted by Gasteiger charge is 2.11. The lowest BCUT2D eigenvalue weighted by atomic mass is 10.1. The first-order valence-electron chi connectivity index (χ1n) is 5.84. The Bertz CT molecular complexity index is 734. The van der Waals surface area contributed by atoms with Gasteiger partial charge in [0.1, 0.15) is 0 Å². The molecule has 2 amide bonds. The molecule has 2 aromatic carbocycles.